The Hall–Kier alpha value is -2.90. The van der Waals surface area contributed by atoms with Crippen LogP contribution in [0.15, 0.2) is 42.6 Å². The quantitative estimate of drug-likeness (QED) is 0.799. The maximum atomic E-state index is 13.2. The Bertz CT molecular complexity index is 884. The van der Waals surface area contributed by atoms with E-state index in [0.29, 0.717) is 0 Å². The van der Waals surface area contributed by atoms with Crippen molar-refractivity contribution in [3.05, 3.63) is 54.0 Å². The highest BCUT2D eigenvalue weighted by Gasteiger charge is 2.37. The van der Waals surface area contributed by atoms with Gasteiger partial charge >= 0.3 is 6.18 Å². The standard InChI is InChI=1S/C16H13F3N4O/c1-10-6-7-13(20-8-10)22-14(24)9-23-12-5-3-2-4-11(12)21-15(23)16(17,18)19/h2-8H,9H2,1H3,(H,20,22,24). The number of aryl methyl sites for hydroxylation is 1. The van der Waals surface area contributed by atoms with Gasteiger partial charge < -0.3 is 9.88 Å². The number of hydrogen-bond donors (Lipinski definition) is 1. The number of imidazole rings is 1. The molecule has 2 aromatic heterocycles. The molecule has 0 aliphatic heterocycles. The van der Waals surface area contributed by atoms with E-state index in [4.69, 9.17) is 0 Å². The second-order valence-corrected chi connectivity index (χ2v) is 5.28. The molecule has 8 heteroatoms. The minimum absolute atomic E-state index is 0.186. The molecular formula is C16H13F3N4O. The number of pyridine rings is 1. The summed E-state index contributed by atoms with van der Waals surface area (Å²) in [5, 5.41) is 2.48. The Morgan fingerprint density at radius 1 is 1.21 bits per heavy atom. The minimum Gasteiger partial charge on any atom is -0.311 e. The first-order valence-corrected chi connectivity index (χ1v) is 7.09. The first-order chi connectivity index (χ1) is 11.3. The molecule has 2 heterocycles. The second-order valence-electron chi connectivity index (χ2n) is 5.28. The van der Waals surface area contributed by atoms with Crippen molar-refractivity contribution in [1.82, 2.24) is 14.5 Å². The van der Waals surface area contributed by atoms with Crippen molar-refractivity contribution in [3.63, 3.8) is 0 Å². The number of nitrogens with one attached hydrogen (secondary N) is 1. The zero-order chi connectivity index (χ0) is 17.3. The van der Waals surface area contributed by atoms with Gasteiger partial charge in [-0.05, 0) is 30.7 Å². The van der Waals surface area contributed by atoms with Crippen LogP contribution in [-0.2, 0) is 17.5 Å². The van der Waals surface area contributed by atoms with E-state index in [1.807, 2.05) is 6.92 Å². The molecule has 0 fully saturated rings. The molecule has 0 saturated carbocycles. The molecule has 24 heavy (non-hydrogen) atoms. The summed E-state index contributed by atoms with van der Waals surface area (Å²) in [4.78, 5) is 19.7. The van der Waals surface area contributed by atoms with Crippen molar-refractivity contribution < 1.29 is 18.0 Å². The second kappa shape index (κ2) is 5.95. The molecule has 3 aromatic rings. The maximum absolute atomic E-state index is 13.2. The first-order valence-electron chi connectivity index (χ1n) is 7.09. The van der Waals surface area contributed by atoms with Crippen molar-refractivity contribution in [1.29, 1.82) is 0 Å². The summed E-state index contributed by atoms with van der Waals surface area (Å²) in [6.07, 6.45) is -3.09. The van der Waals surface area contributed by atoms with Crippen LogP contribution >= 0.6 is 0 Å². The van der Waals surface area contributed by atoms with E-state index >= 15 is 0 Å². The van der Waals surface area contributed by atoms with Gasteiger partial charge in [0.15, 0.2) is 0 Å². The van der Waals surface area contributed by atoms with Crippen molar-refractivity contribution in [2.45, 2.75) is 19.6 Å². The lowest BCUT2D eigenvalue weighted by molar-refractivity contribution is -0.147. The van der Waals surface area contributed by atoms with Gasteiger partial charge in [-0.2, -0.15) is 13.2 Å². The molecule has 0 spiro atoms. The largest absolute Gasteiger partial charge is 0.449 e. The molecule has 124 valence electrons. The SMILES string of the molecule is Cc1ccc(NC(=O)Cn2c(C(F)(F)F)nc3ccccc32)nc1. The first kappa shape index (κ1) is 16.0. The van der Waals surface area contributed by atoms with Gasteiger partial charge in [0, 0.05) is 6.20 Å². The summed E-state index contributed by atoms with van der Waals surface area (Å²) >= 11 is 0. The Balaban J connectivity index is 1.91. The van der Waals surface area contributed by atoms with E-state index in [1.165, 1.54) is 12.1 Å². The number of benzene rings is 1. The van der Waals surface area contributed by atoms with Gasteiger partial charge in [0.2, 0.25) is 11.7 Å². The average molecular weight is 334 g/mol. The number of nitrogens with zero attached hydrogens (tertiary/aromatic N) is 3. The van der Waals surface area contributed by atoms with E-state index in [9.17, 15) is 18.0 Å². The summed E-state index contributed by atoms with van der Waals surface area (Å²) in [6, 6.07) is 9.49. The monoisotopic (exact) mass is 334 g/mol. The lowest BCUT2D eigenvalue weighted by Crippen LogP contribution is -2.23. The normalized spacial score (nSPS) is 11.7. The maximum Gasteiger partial charge on any atom is 0.449 e. The van der Waals surface area contributed by atoms with Crippen molar-refractivity contribution in [2.75, 3.05) is 5.32 Å². The van der Waals surface area contributed by atoms with Crippen LogP contribution in [0.2, 0.25) is 0 Å². The van der Waals surface area contributed by atoms with Crippen LogP contribution in [0.4, 0.5) is 19.0 Å². The van der Waals surface area contributed by atoms with Crippen molar-refractivity contribution >= 4 is 22.8 Å². The van der Waals surface area contributed by atoms with Crippen LogP contribution < -0.4 is 5.32 Å². The molecule has 0 aliphatic rings. The van der Waals surface area contributed by atoms with Gasteiger partial charge in [0.25, 0.3) is 0 Å². The highest BCUT2D eigenvalue weighted by atomic mass is 19.4. The number of hydrogen-bond acceptors (Lipinski definition) is 3. The van der Waals surface area contributed by atoms with Crippen LogP contribution in [0.5, 0.6) is 0 Å². The van der Waals surface area contributed by atoms with Gasteiger partial charge in [0.05, 0.1) is 11.0 Å². The van der Waals surface area contributed by atoms with E-state index in [1.54, 1.807) is 30.5 Å². The Morgan fingerprint density at radius 3 is 2.62 bits per heavy atom. The van der Waals surface area contributed by atoms with Crippen LogP contribution in [0.25, 0.3) is 11.0 Å². The predicted molar refractivity (Wildman–Crippen MR) is 82.3 cm³/mol. The number of fused-ring (bicyclic) bond motifs is 1. The molecule has 0 atom stereocenters. The Kier molecular flexibility index (Phi) is 3.96. The van der Waals surface area contributed by atoms with Crippen LogP contribution in [0.1, 0.15) is 11.4 Å². The van der Waals surface area contributed by atoms with Gasteiger partial charge in [-0.25, -0.2) is 9.97 Å². The molecule has 1 aromatic carbocycles. The summed E-state index contributed by atoms with van der Waals surface area (Å²) in [6.45, 7) is 1.33. The zero-order valence-electron chi connectivity index (χ0n) is 12.6. The van der Waals surface area contributed by atoms with Crippen LogP contribution in [0.3, 0.4) is 0 Å². The van der Waals surface area contributed by atoms with Gasteiger partial charge in [-0.3, -0.25) is 4.79 Å². The summed E-state index contributed by atoms with van der Waals surface area (Å²) < 4.78 is 40.4. The van der Waals surface area contributed by atoms with Crippen molar-refractivity contribution in [3.8, 4) is 0 Å². The fourth-order valence-electron chi connectivity index (χ4n) is 2.32. The summed E-state index contributed by atoms with van der Waals surface area (Å²) in [7, 11) is 0. The molecule has 0 saturated heterocycles. The molecule has 0 aliphatic carbocycles. The number of halogens is 3. The zero-order valence-corrected chi connectivity index (χ0v) is 12.6. The Morgan fingerprint density at radius 2 is 1.96 bits per heavy atom. The van der Waals surface area contributed by atoms with Crippen LogP contribution in [0, 0.1) is 6.92 Å². The number of carbonyl (C=O) groups is 1. The topological polar surface area (TPSA) is 59.8 Å². The van der Waals surface area contributed by atoms with Crippen molar-refractivity contribution in [2.24, 2.45) is 0 Å². The third-order valence-electron chi connectivity index (χ3n) is 3.39. The van der Waals surface area contributed by atoms with Gasteiger partial charge in [-0.1, -0.05) is 18.2 Å². The van der Waals surface area contributed by atoms with E-state index < -0.39 is 24.5 Å². The van der Waals surface area contributed by atoms with Crippen LogP contribution in [-0.4, -0.2) is 20.4 Å². The summed E-state index contributed by atoms with van der Waals surface area (Å²) in [5.74, 6) is -1.43. The smallest absolute Gasteiger partial charge is 0.311 e. The fourth-order valence-corrected chi connectivity index (χ4v) is 2.32. The minimum atomic E-state index is -4.65. The number of rotatable bonds is 3. The Labute approximate surface area is 135 Å². The number of aromatic nitrogens is 3. The number of amides is 1. The highest BCUT2D eigenvalue weighted by Crippen LogP contribution is 2.31. The number of para-hydroxylation sites is 2. The third-order valence-corrected chi connectivity index (χ3v) is 3.39. The fraction of sp³-hybridized carbons (Fsp3) is 0.188. The lowest BCUT2D eigenvalue weighted by Gasteiger charge is -2.11. The predicted octanol–water partition coefficient (Wildman–Crippen LogP) is 3.40. The molecule has 5 nitrogen and oxygen atoms in total. The molecule has 1 N–H and O–H groups in total. The van der Waals surface area contributed by atoms with E-state index in [-0.39, 0.29) is 16.9 Å². The van der Waals surface area contributed by atoms with E-state index in [2.05, 4.69) is 15.3 Å². The molecule has 1 amide bonds. The molecular weight excluding hydrogens is 321 g/mol. The average Bonchev–Trinajstić information content (AvgIpc) is 2.89. The number of carbonyl (C=O) groups excluding carboxylic acids is 1. The summed E-state index contributed by atoms with van der Waals surface area (Å²) in [5.41, 5.74) is 1.34. The molecule has 0 bridgehead atoms. The number of alkyl halides is 3. The highest BCUT2D eigenvalue weighted by molar-refractivity contribution is 5.90. The molecule has 0 radical (unpaired) electrons. The van der Waals surface area contributed by atoms with Gasteiger partial charge in [0.1, 0.15) is 12.4 Å². The van der Waals surface area contributed by atoms with Gasteiger partial charge in [-0.15, -0.1) is 0 Å². The molecule has 0 unspecified atom stereocenters. The molecule has 3 rings (SSSR count). The van der Waals surface area contributed by atoms with E-state index in [0.717, 1.165) is 10.1 Å². The third kappa shape index (κ3) is 3.22. The number of anilines is 1. The lowest BCUT2D eigenvalue weighted by atomic mass is 10.3.